The molecule has 5 heteroatoms. The smallest absolute Gasteiger partial charge is 0.234 e. The van der Waals surface area contributed by atoms with Gasteiger partial charge in [-0.25, -0.2) is 0 Å². The fraction of sp³-hybridized carbons (Fsp3) is 0.900. The van der Waals surface area contributed by atoms with Crippen molar-refractivity contribution < 1.29 is 9.53 Å². The summed E-state index contributed by atoms with van der Waals surface area (Å²) in [6.07, 6.45) is 2.27. The summed E-state index contributed by atoms with van der Waals surface area (Å²) >= 11 is 0. The van der Waals surface area contributed by atoms with Crippen LogP contribution >= 0.6 is 0 Å². The Morgan fingerprint density at radius 1 is 1.53 bits per heavy atom. The second-order valence-electron chi connectivity index (χ2n) is 3.98. The Hall–Kier alpha value is -0.650. The van der Waals surface area contributed by atoms with E-state index in [0.717, 1.165) is 19.4 Å². The topological polar surface area (TPSA) is 67.6 Å². The third kappa shape index (κ3) is 6.43. The Kier molecular flexibility index (Phi) is 5.60. The summed E-state index contributed by atoms with van der Waals surface area (Å²) in [5.74, 6) is 0.110. The number of nitrogens with two attached hydrogens (primary N) is 1. The van der Waals surface area contributed by atoms with Crippen LogP contribution in [0.15, 0.2) is 0 Å². The monoisotopic (exact) mass is 215 g/mol. The van der Waals surface area contributed by atoms with Crippen molar-refractivity contribution in [1.82, 2.24) is 10.2 Å². The first kappa shape index (κ1) is 12.4. The van der Waals surface area contributed by atoms with E-state index in [9.17, 15) is 4.79 Å². The summed E-state index contributed by atoms with van der Waals surface area (Å²) in [5.41, 5.74) is 5.29. The second kappa shape index (κ2) is 6.76. The van der Waals surface area contributed by atoms with Crippen molar-refractivity contribution >= 4 is 5.91 Å². The first-order valence-corrected chi connectivity index (χ1v) is 5.48. The summed E-state index contributed by atoms with van der Waals surface area (Å²) in [5, 5.41) is 2.94. The highest BCUT2D eigenvalue weighted by Crippen LogP contribution is 2.18. The number of hydrogen-bond donors (Lipinski definition) is 2. The quantitative estimate of drug-likeness (QED) is 0.519. The van der Waals surface area contributed by atoms with E-state index in [-0.39, 0.29) is 5.91 Å². The minimum Gasteiger partial charge on any atom is -0.379 e. The largest absolute Gasteiger partial charge is 0.379 e. The highest BCUT2D eigenvalue weighted by molar-refractivity contribution is 5.78. The maximum atomic E-state index is 11.4. The van der Waals surface area contributed by atoms with Gasteiger partial charge in [-0.1, -0.05) is 0 Å². The van der Waals surface area contributed by atoms with Crippen molar-refractivity contribution in [3.63, 3.8) is 0 Å². The molecule has 0 aromatic rings. The highest BCUT2D eigenvalue weighted by Gasteiger charge is 2.23. The Morgan fingerprint density at radius 2 is 2.27 bits per heavy atom. The molecule has 1 rings (SSSR count). The Bertz CT molecular complexity index is 195. The van der Waals surface area contributed by atoms with Gasteiger partial charge in [0.25, 0.3) is 0 Å². The fourth-order valence-electron chi connectivity index (χ4n) is 1.23. The zero-order valence-electron chi connectivity index (χ0n) is 9.37. The van der Waals surface area contributed by atoms with Gasteiger partial charge in [-0.05, 0) is 19.9 Å². The summed E-state index contributed by atoms with van der Waals surface area (Å²) in [7, 11) is 1.91. The van der Waals surface area contributed by atoms with Gasteiger partial charge in [0.15, 0.2) is 0 Å². The summed E-state index contributed by atoms with van der Waals surface area (Å²) < 4.78 is 5.23. The van der Waals surface area contributed by atoms with Crippen molar-refractivity contribution in [1.29, 1.82) is 0 Å². The van der Waals surface area contributed by atoms with Crippen LogP contribution in [-0.4, -0.2) is 56.7 Å². The molecule has 0 aromatic carbocycles. The molecular weight excluding hydrogens is 194 g/mol. The molecular formula is C10H21N3O2. The van der Waals surface area contributed by atoms with Gasteiger partial charge < -0.3 is 15.8 Å². The van der Waals surface area contributed by atoms with Crippen molar-refractivity contribution in [2.24, 2.45) is 5.73 Å². The number of likely N-dealkylation sites (N-methyl/N-ethyl adjacent to an activating group) is 1. The Morgan fingerprint density at radius 3 is 2.87 bits per heavy atom. The van der Waals surface area contributed by atoms with Crippen LogP contribution in [0.5, 0.6) is 0 Å². The van der Waals surface area contributed by atoms with Crippen molar-refractivity contribution in [2.45, 2.75) is 18.9 Å². The van der Waals surface area contributed by atoms with E-state index in [4.69, 9.17) is 10.5 Å². The molecule has 3 N–H and O–H groups in total. The van der Waals surface area contributed by atoms with Gasteiger partial charge >= 0.3 is 0 Å². The predicted molar refractivity (Wildman–Crippen MR) is 58.5 cm³/mol. The molecule has 0 atom stereocenters. The molecule has 15 heavy (non-hydrogen) atoms. The first-order chi connectivity index (χ1) is 7.22. The molecule has 0 radical (unpaired) electrons. The maximum absolute atomic E-state index is 11.4. The molecule has 1 aliphatic rings. The van der Waals surface area contributed by atoms with Crippen LogP contribution in [0.1, 0.15) is 12.8 Å². The maximum Gasteiger partial charge on any atom is 0.234 e. The fourth-order valence-corrected chi connectivity index (χ4v) is 1.23. The van der Waals surface area contributed by atoms with Crippen molar-refractivity contribution in [2.75, 3.05) is 39.9 Å². The Labute approximate surface area is 90.9 Å². The molecule has 0 spiro atoms. The number of hydrogen-bond acceptors (Lipinski definition) is 4. The normalized spacial score (nSPS) is 15.7. The SMILES string of the molecule is CN(CCOCCN)CC(=O)NC1CC1. The molecule has 1 amide bonds. The molecule has 0 bridgehead atoms. The lowest BCUT2D eigenvalue weighted by atomic mass is 10.4. The average molecular weight is 215 g/mol. The van der Waals surface area contributed by atoms with Gasteiger partial charge in [-0.15, -0.1) is 0 Å². The number of nitrogens with zero attached hydrogens (tertiary/aromatic N) is 1. The average Bonchev–Trinajstić information content (AvgIpc) is 2.96. The van der Waals surface area contributed by atoms with Crippen molar-refractivity contribution in [3.8, 4) is 0 Å². The van der Waals surface area contributed by atoms with Gasteiger partial charge in [0.2, 0.25) is 5.91 Å². The van der Waals surface area contributed by atoms with Gasteiger partial charge in [0, 0.05) is 19.1 Å². The molecule has 1 fully saturated rings. The van der Waals surface area contributed by atoms with E-state index in [0.29, 0.717) is 32.3 Å². The first-order valence-electron chi connectivity index (χ1n) is 5.48. The number of carbonyl (C=O) groups excluding carboxylic acids is 1. The molecule has 88 valence electrons. The molecule has 0 saturated heterocycles. The van der Waals surface area contributed by atoms with E-state index in [1.54, 1.807) is 0 Å². The summed E-state index contributed by atoms with van der Waals surface area (Å²) in [4.78, 5) is 13.3. The third-order valence-electron chi connectivity index (χ3n) is 2.24. The van der Waals surface area contributed by atoms with Gasteiger partial charge in [0.1, 0.15) is 0 Å². The number of carbonyl (C=O) groups is 1. The molecule has 0 aliphatic heterocycles. The lowest BCUT2D eigenvalue weighted by Gasteiger charge is -2.15. The van der Waals surface area contributed by atoms with Gasteiger partial charge in [-0.2, -0.15) is 0 Å². The van der Waals surface area contributed by atoms with E-state index in [1.165, 1.54) is 0 Å². The van der Waals surface area contributed by atoms with E-state index in [1.807, 2.05) is 11.9 Å². The molecule has 1 aliphatic carbocycles. The van der Waals surface area contributed by atoms with Crippen LogP contribution in [0.4, 0.5) is 0 Å². The number of amides is 1. The van der Waals surface area contributed by atoms with Gasteiger partial charge in [0.05, 0.1) is 19.8 Å². The van der Waals surface area contributed by atoms with Crippen LogP contribution in [0.3, 0.4) is 0 Å². The zero-order valence-corrected chi connectivity index (χ0v) is 9.37. The van der Waals surface area contributed by atoms with Gasteiger partial charge in [-0.3, -0.25) is 9.69 Å². The highest BCUT2D eigenvalue weighted by atomic mass is 16.5. The summed E-state index contributed by atoms with van der Waals surface area (Å²) in [6, 6.07) is 0.444. The summed E-state index contributed by atoms with van der Waals surface area (Å²) in [6.45, 7) is 2.97. The van der Waals surface area contributed by atoms with E-state index < -0.39 is 0 Å². The lowest BCUT2D eigenvalue weighted by molar-refractivity contribution is -0.122. The molecule has 0 heterocycles. The van der Waals surface area contributed by atoms with E-state index >= 15 is 0 Å². The van der Waals surface area contributed by atoms with Crippen LogP contribution in [-0.2, 0) is 9.53 Å². The molecule has 0 unspecified atom stereocenters. The number of ether oxygens (including phenoxy) is 1. The van der Waals surface area contributed by atoms with Crippen molar-refractivity contribution in [3.05, 3.63) is 0 Å². The predicted octanol–water partition coefficient (Wildman–Crippen LogP) is -0.828. The minimum atomic E-state index is 0.110. The second-order valence-corrected chi connectivity index (χ2v) is 3.98. The molecule has 1 saturated carbocycles. The lowest BCUT2D eigenvalue weighted by Crippen LogP contribution is -2.37. The molecule has 5 nitrogen and oxygen atoms in total. The number of rotatable bonds is 8. The standard InChI is InChI=1S/C10H21N3O2/c1-13(5-7-15-6-4-11)8-10(14)12-9-2-3-9/h9H,2-8,11H2,1H3,(H,12,14). The van der Waals surface area contributed by atoms with Crippen LogP contribution < -0.4 is 11.1 Å². The molecule has 0 aromatic heterocycles. The third-order valence-corrected chi connectivity index (χ3v) is 2.24. The van der Waals surface area contributed by atoms with Crippen LogP contribution in [0.25, 0.3) is 0 Å². The van der Waals surface area contributed by atoms with Crippen LogP contribution in [0.2, 0.25) is 0 Å². The minimum absolute atomic E-state index is 0.110. The van der Waals surface area contributed by atoms with E-state index in [2.05, 4.69) is 5.32 Å². The number of nitrogens with one attached hydrogen (secondary N) is 1. The zero-order chi connectivity index (χ0) is 11.1. The Balaban J connectivity index is 1.96. The van der Waals surface area contributed by atoms with Crippen LogP contribution in [0, 0.1) is 0 Å².